The molecule has 3 heteroatoms. The van der Waals surface area contributed by atoms with E-state index in [0.717, 1.165) is 18.4 Å². The Morgan fingerprint density at radius 1 is 1.33 bits per heavy atom. The highest BCUT2D eigenvalue weighted by Crippen LogP contribution is 2.33. The van der Waals surface area contributed by atoms with Gasteiger partial charge in [-0.25, -0.2) is 0 Å². The van der Waals surface area contributed by atoms with Crippen LogP contribution in [0.1, 0.15) is 5.56 Å². The van der Waals surface area contributed by atoms with E-state index in [1.807, 2.05) is 6.07 Å². The Balaban J connectivity index is 2.35. The molecule has 0 aliphatic carbocycles. The molecule has 0 amide bonds. The highest BCUT2D eigenvalue weighted by molar-refractivity contribution is 7.17. The van der Waals surface area contributed by atoms with Crippen molar-refractivity contribution in [1.29, 1.82) is 0 Å². The van der Waals surface area contributed by atoms with E-state index in [1.54, 1.807) is 17.4 Å². The van der Waals surface area contributed by atoms with Crippen LogP contribution >= 0.6 is 11.3 Å². The zero-order valence-corrected chi connectivity index (χ0v) is 9.84. The smallest absolute Gasteiger partial charge is 0.124 e. The summed E-state index contributed by atoms with van der Waals surface area (Å²) in [5.74, 6) is 0.405. The molecule has 0 radical (unpaired) electrons. The van der Waals surface area contributed by atoms with Gasteiger partial charge in [0.2, 0.25) is 0 Å². The normalized spacial score (nSPS) is 11.4. The predicted molar refractivity (Wildman–Crippen MR) is 65.7 cm³/mol. The van der Waals surface area contributed by atoms with Gasteiger partial charge in [-0.05, 0) is 43.6 Å². The van der Waals surface area contributed by atoms with Crippen molar-refractivity contribution in [1.82, 2.24) is 4.90 Å². The lowest BCUT2D eigenvalue weighted by Crippen LogP contribution is -2.14. The number of hydrogen-bond acceptors (Lipinski definition) is 3. The molecule has 0 saturated carbocycles. The van der Waals surface area contributed by atoms with Gasteiger partial charge < -0.3 is 10.0 Å². The third kappa shape index (κ3) is 2.13. The van der Waals surface area contributed by atoms with E-state index in [-0.39, 0.29) is 0 Å². The molecule has 0 bridgehead atoms. The van der Waals surface area contributed by atoms with E-state index in [4.69, 9.17) is 0 Å². The number of fused-ring (bicyclic) bond motifs is 1. The van der Waals surface area contributed by atoms with Crippen molar-refractivity contribution in [3.05, 3.63) is 29.1 Å². The van der Waals surface area contributed by atoms with Crippen molar-refractivity contribution in [2.45, 2.75) is 6.42 Å². The van der Waals surface area contributed by atoms with Gasteiger partial charge in [-0.3, -0.25) is 0 Å². The molecule has 0 aliphatic heterocycles. The predicted octanol–water partition coefficient (Wildman–Crippen LogP) is 2.71. The maximum Gasteiger partial charge on any atom is 0.124 e. The van der Waals surface area contributed by atoms with Crippen LogP contribution in [0, 0.1) is 0 Å². The lowest BCUT2D eigenvalue weighted by atomic mass is 10.1. The van der Waals surface area contributed by atoms with E-state index < -0.39 is 0 Å². The number of nitrogens with zero attached hydrogens (tertiary/aromatic N) is 1. The topological polar surface area (TPSA) is 23.5 Å². The number of rotatable bonds is 3. The average molecular weight is 221 g/mol. The Bertz CT molecular complexity index is 462. The van der Waals surface area contributed by atoms with Gasteiger partial charge in [-0.2, -0.15) is 0 Å². The number of hydrogen-bond donors (Lipinski definition) is 1. The highest BCUT2D eigenvalue weighted by atomic mass is 32.1. The lowest BCUT2D eigenvalue weighted by molar-refractivity contribution is 0.414. The second-order valence-electron chi connectivity index (χ2n) is 3.96. The number of benzene rings is 1. The molecule has 1 aromatic heterocycles. The van der Waals surface area contributed by atoms with E-state index in [9.17, 15) is 5.11 Å². The average Bonchev–Trinajstić information content (AvgIpc) is 2.59. The van der Waals surface area contributed by atoms with Crippen molar-refractivity contribution in [3.63, 3.8) is 0 Å². The zero-order chi connectivity index (χ0) is 10.8. The van der Waals surface area contributed by atoms with E-state index in [0.29, 0.717) is 5.75 Å². The zero-order valence-electron chi connectivity index (χ0n) is 9.03. The van der Waals surface area contributed by atoms with Crippen molar-refractivity contribution in [3.8, 4) is 5.75 Å². The Morgan fingerprint density at radius 2 is 2.13 bits per heavy atom. The first-order valence-corrected chi connectivity index (χ1v) is 5.89. The van der Waals surface area contributed by atoms with Crippen LogP contribution in [0.15, 0.2) is 23.6 Å². The largest absolute Gasteiger partial charge is 0.507 e. The summed E-state index contributed by atoms with van der Waals surface area (Å²) in [4.78, 5) is 2.16. The number of phenolic OH excluding ortho intramolecular Hbond substituents is 1. The number of thiophene rings is 1. The first-order chi connectivity index (χ1) is 7.18. The van der Waals surface area contributed by atoms with Gasteiger partial charge in [0.1, 0.15) is 5.75 Å². The molecular weight excluding hydrogens is 206 g/mol. The molecule has 1 N–H and O–H groups in total. The summed E-state index contributed by atoms with van der Waals surface area (Å²) >= 11 is 1.70. The molecule has 2 aromatic rings. The van der Waals surface area contributed by atoms with Crippen LogP contribution in [0.25, 0.3) is 10.1 Å². The molecule has 1 heterocycles. The Morgan fingerprint density at radius 3 is 2.87 bits per heavy atom. The van der Waals surface area contributed by atoms with Gasteiger partial charge in [-0.15, -0.1) is 11.3 Å². The van der Waals surface area contributed by atoms with Crippen molar-refractivity contribution >= 4 is 21.4 Å². The molecule has 2 rings (SSSR count). The monoisotopic (exact) mass is 221 g/mol. The van der Waals surface area contributed by atoms with Gasteiger partial charge >= 0.3 is 0 Å². The molecule has 0 saturated heterocycles. The third-order valence-corrected chi connectivity index (χ3v) is 3.48. The van der Waals surface area contributed by atoms with Gasteiger partial charge in [0.15, 0.2) is 0 Å². The van der Waals surface area contributed by atoms with Gasteiger partial charge in [0, 0.05) is 16.6 Å². The van der Waals surface area contributed by atoms with Gasteiger partial charge in [0.25, 0.3) is 0 Å². The molecule has 0 atom stereocenters. The van der Waals surface area contributed by atoms with Crippen molar-refractivity contribution in [2.24, 2.45) is 0 Å². The van der Waals surface area contributed by atoms with E-state index in [1.165, 1.54) is 10.3 Å². The molecular formula is C12H15NOS. The quantitative estimate of drug-likeness (QED) is 0.861. The Kier molecular flexibility index (Phi) is 2.93. The fraction of sp³-hybridized carbons (Fsp3) is 0.333. The highest BCUT2D eigenvalue weighted by Gasteiger charge is 2.07. The number of likely N-dealkylation sites (N-methyl/N-ethyl adjacent to an activating group) is 1. The van der Waals surface area contributed by atoms with Crippen LogP contribution in [0.4, 0.5) is 0 Å². The minimum Gasteiger partial charge on any atom is -0.507 e. The summed E-state index contributed by atoms with van der Waals surface area (Å²) in [6, 6.07) is 5.71. The maximum atomic E-state index is 9.80. The van der Waals surface area contributed by atoms with E-state index in [2.05, 4.69) is 30.4 Å². The van der Waals surface area contributed by atoms with Gasteiger partial charge in [0.05, 0.1) is 0 Å². The van der Waals surface area contributed by atoms with Crippen LogP contribution in [-0.2, 0) is 6.42 Å². The summed E-state index contributed by atoms with van der Waals surface area (Å²) in [5.41, 5.74) is 1.25. The standard InChI is InChI=1S/C12H15NOS/c1-13(2)7-6-9-8-15-11-5-3-4-10(14)12(9)11/h3-5,8,14H,6-7H2,1-2H3. The van der Waals surface area contributed by atoms with Crippen LogP contribution in [0.3, 0.4) is 0 Å². The first kappa shape index (κ1) is 10.5. The van der Waals surface area contributed by atoms with Crippen LogP contribution in [-0.4, -0.2) is 30.6 Å². The minimum absolute atomic E-state index is 0.405. The van der Waals surface area contributed by atoms with E-state index >= 15 is 0 Å². The molecule has 0 unspecified atom stereocenters. The summed E-state index contributed by atoms with van der Waals surface area (Å²) in [5, 5.41) is 13.0. The second-order valence-corrected chi connectivity index (χ2v) is 4.88. The summed E-state index contributed by atoms with van der Waals surface area (Å²) in [7, 11) is 4.13. The minimum atomic E-state index is 0.405. The summed E-state index contributed by atoms with van der Waals surface area (Å²) < 4.78 is 1.17. The molecule has 2 nitrogen and oxygen atoms in total. The second kappa shape index (κ2) is 4.21. The fourth-order valence-electron chi connectivity index (χ4n) is 1.66. The molecule has 80 valence electrons. The molecule has 1 aromatic carbocycles. The lowest BCUT2D eigenvalue weighted by Gasteiger charge is -2.08. The SMILES string of the molecule is CN(C)CCc1csc2cccc(O)c12. The van der Waals surface area contributed by atoms with Crippen molar-refractivity contribution < 1.29 is 5.11 Å². The molecule has 0 fully saturated rings. The van der Waals surface area contributed by atoms with Gasteiger partial charge in [-0.1, -0.05) is 6.07 Å². The van der Waals surface area contributed by atoms with Crippen LogP contribution in [0.2, 0.25) is 0 Å². The Labute approximate surface area is 93.8 Å². The molecule has 15 heavy (non-hydrogen) atoms. The Hall–Kier alpha value is -1.06. The summed E-state index contributed by atoms with van der Waals surface area (Å²) in [6.45, 7) is 1.01. The van der Waals surface area contributed by atoms with Crippen LogP contribution < -0.4 is 0 Å². The third-order valence-electron chi connectivity index (χ3n) is 2.48. The maximum absolute atomic E-state index is 9.80. The van der Waals surface area contributed by atoms with Crippen LogP contribution in [0.5, 0.6) is 5.75 Å². The first-order valence-electron chi connectivity index (χ1n) is 5.01. The number of aromatic hydroxyl groups is 1. The molecule has 0 spiro atoms. The molecule has 0 aliphatic rings. The fourth-order valence-corrected chi connectivity index (χ4v) is 2.68. The number of phenols is 1. The van der Waals surface area contributed by atoms with Crippen molar-refractivity contribution in [2.75, 3.05) is 20.6 Å². The summed E-state index contributed by atoms with van der Waals surface area (Å²) in [6.07, 6.45) is 0.991.